The van der Waals surface area contributed by atoms with Gasteiger partial charge in [0.2, 0.25) is 0 Å². The Hall–Kier alpha value is -1.92. The largest absolute Gasteiger partial charge is 0.480 e. The number of hydrogen-bond acceptors (Lipinski definition) is 3. The van der Waals surface area contributed by atoms with E-state index in [1.165, 1.54) is 0 Å². The molecule has 0 aliphatic heterocycles. The molecule has 8 heteroatoms. The van der Waals surface area contributed by atoms with Crippen LogP contribution in [0.15, 0.2) is 18.3 Å². The van der Waals surface area contributed by atoms with Crippen LogP contribution in [0, 0.1) is 0 Å². The number of carbonyl (C=O) groups excluding carboxylic acids is 1. The molecule has 130 valence electrons. The van der Waals surface area contributed by atoms with Crippen LogP contribution in [0.1, 0.15) is 26.3 Å². The van der Waals surface area contributed by atoms with Gasteiger partial charge in [0.1, 0.15) is 11.6 Å². The second-order valence-electron chi connectivity index (χ2n) is 6.33. The van der Waals surface area contributed by atoms with Gasteiger partial charge in [-0.3, -0.25) is 0 Å². The van der Waals surface area contributed by atoms with Gasteiger partial charge in [-0.05, 0) is 38.5 Å². The summed E-state index contributed by atoms with van der Waals surface area (Å²) in [6.07, 6.45) is 0.878. The van der Waals surface area contributed by atoms with Crippen LogP contribution < -0.4 is 5.32 Å². The summed E-state index contributed by atoms with van der Waals surface area (Å²) in [4.78, 5) is 26.3. The highest BCUT2D eigenvalue weighted by Gasteiger charge is 2.25. The molecule has 1 unspecified atom stereocenters. The van der Waals surface area contributed by atoms with Crippen molar-refractivity contribution >= 4 is 46.2 Å². The van der Waals surface area contributed by atoms with E-state index in [-0.39, 0.29) is 6.42 Å². The fourth-order valence-corrected chi connectivity index (χ4v) is 2.76. The molecule has 0 saturated carbocycles. The van der Waals surface area contributed by atoms with Gasteiger partial charge in [-0.15, -0.1) is 0 Å². The number of ether oxygens (including phenoxy) is 1. The molecule has 1 aromatic carbocycles. The van der Waals surface area contributed by atoms with Crippen LogP contribution in [0.5, 0.6) is 0 Å². The molecule has 1 aromatic heterocycles. The van der Waals surface area contributed by atoms with Crippen molar-refractivity contribution in [2.24, 2.45) is 0 Å². The van der Waals surface area contributed by atoms with E-state index in [4.69, 9.17) is 27.9 Å². The normalized spacial score (nSPS) is 12.9. The van der Waals surface area contributed by atoms with Crippen molar-refractivity contribution in [1.29, 1.82) is 0 Å². The van der Waals surface area contributed by atoms with E-state index in [2.05, 4.69) is 10.3 Å². The van der Waals surface area contributed by atoms with Crippen molar-refractivity contribution in [1.82, 2.24) is 10.3 Å². The van der Waals surface area contributed by atoms with Crippen molar-refractivity contribution in [3.63, 3.8) is 0 Å². The van der Waals surface area contributed by atoms with Crippen molar-refractivity contribution in [2.75, 3.05) is 0 Å². The van der Waals surface area contributed by atoms with E-state index in [0.717, 1.165) is 0 Å². The number of benzene rings is 1. The minimum Gasteiger partial charge on any atom is -0.480 e. The summed E-state index contributed by atoms with van der Waals surface area (Å²) in [7, 11) is 0. The molecule has 1 amide bonds. The number of alkyl carbamates (subject to hydrolysis) is 1. The molecule has 0 bridgehead atoms. The molecule has 2 rings (SSSR count). The molecule has 0 fully saturated rings. The number of halogens is 2. The second-order valence-corrected chi connectivity index (χ2v) is 7.15. The van der Waals surface area contributed by atoms with Crippen molar-refractivity contribution in [3.8, 4) is 0 Å². The van der Waals surface area contributed by atoms with Crippen LogP contribution in [0.3, 0.4) is 0 Å². The van der Waals surface area contributed by atoms with E-state index in [9.17, 15) is 14.7 Å². The molecule has 0 spiro atoms. The van der Waals surface area contributed by atoms with Gasteiger partial charge >= 0.3 is 12.1 Å². The number of carbonyl (C=O) groups is 2. The number of aromatic amines is 1. The lowest BCUT2D eigenvalue weighted by atomic mass is 10.1. The second kappa shape index (κ2) is 6.91. The van der Waals surface area contributed by atoms with Crippen molar-refractivity contribution < 1.29 is 19.4 Å². The predicted molar refractivity (Wildman–Crippen MR) is 92.8 cm³/mol. The lowest BCUT2D eigenvalue weighted by Gasteiger charge is -2.22. The molecule has 0 aliphatic carbocycles. The Morgan fingerprint density at radius 2 is 1.92 bits per heavy atom. The first-order valence-corrected chi connectivity index (χ1v) is 8.00. The Morgan fingerprint density at radius 1 is 1.29 bits per heavy atom. The average Bonchev–Trinajstić information content (AvgIpc) is 2.85. The van der Waals surface area contributed by atoms with Crippen molar-refractivity contribution in [2.45, 2.75) is 38.8 Å². The number of nitrogens with one attached hydrogen (secondary N) is 2. The Kier molecular flexibility index (Phi) is 5.30. The Balaban J connectivity index is 2.25. The SMILES string of the molecule is CC(C)(C)OC(=O)NC(Cc1c[nH]c2c(Cl)ccc(Cl)c12)C(=O)O. The minimum atomic E-state index is -1.17. The average molecular weight is 373 g/mol. The monoisotopic (exact) mass is 372 g/mol. The number of aromatic nitrogens is 1. The smallest absolute Gasteiger partial charge is 0.408 e. The Bertz CT molecular complexity index is 780. The maximum absolute atomic E-state index is 11.8. The molecule has 0 aliphatic rings. The maximum atomic E-state index is 11.8. The molecular formula is C16H18Cl2N2O4. The number of rotatable bonds is 4. The fraction of sp³-hybridized carbons (Fsp3) is 0.375. The number of H-pyrrole nitrogens is 1. The van der Waals surface area contributed by atoms with Crippen LogP contribution in [-0.2, 0) is 16.0 Å². The molecule has 3 N–H and O–H groups in total. The summed E-state index contributed by atoms with van der Waals surface area (Å²) in [6.45, 7) is 5.09. The molecule has 6 nitrogen and oxygen atoms in total. The number of fused-ring (bicyclic) bond motifs is 1. The molecule has 1 heterocycles. The third-order valence-corrected chi connectivity index (χ3v) is 3.86. The van der Waals surface area contributed by atoms with E-state index in [1.807, 2.05) is 0 Å². The zero-order chi connectivity index (χ0) is 18.1. The standard InChI is InChI=1S/C16H18Cl2N2O4/c1-16(2,3)24-15(23)20-11(14(21)22)6-8-7-19-13-10(18)5-4-9(17)12(8)13/h4-5,7,11,19H,6H2,1-3H3,(H,20,23)(H,21,22). The van der Waals surface area contributed by atoms with E-state index in [0.29, 0.717) is 26.5 Å². The minimum absolute atomic E-state index is 0.0363. The predicted octanol–water partition coefficient (Wildman–Crippen LogP) is 4.00. The number of amides is 1. The number of carboxylic acids is 1. The molecule has 0 saturated heterocycles. The first-order valence-electron chi connectivity index (χ1n) is 7.25. The summed E-state index contributed by atoms with van der Waals surface area (Å²) in [5.41, 5.74) is 0.548. The van der Waals surface area contributed by atoms with Crippen LogP contribution >= 0.6 is 23.2 Å². The van der Waals surface area contributed by atoms with Crippen molar-refractivity contribution in [3.05, 3.63) is 33.9 Å². The third-order valence-electron chi connectivity index (χ3n) is 3.23. The first kappa shape index (κ1) is 18.4. The first-order chi connectivity index (χ1) is 11.1. The Morgan fingerprint density at radius 3 is 2.50 bits per heavy atom. The van der Waals surface area contributed by atoms with Gasteiger partial charge in [0.05, 0.1) is 15.6 Å². The van der Waals surface area contributed by atoms with Crippen LogP contribution in [0.25, 0.3) is 10.9 Å². The van der Waals surface area contributed by atoms with Gasteiger partial charge in [-0.25, -0.2) is 9.59 Å². The van der Waals surface area contributed by atoms with Crippen LogP contribution in [0.4, 0.5) is 4.79 Å². The molecule has 2 aromatic rings. The summed E-state index contributed by atoms with van der Waals surface area (Å²) in [6, 6.07) is 2.13. The summed E-state index contributed by atoms with van der Waals surface area (Å²) < 4.78 is 5.10. The summed E-state index contributed by atoms with van der Waals surface area (Å²) in [5.74, 6) is -1.17. The van der Waals surface area contributed by atoms with Gasteiger partial charge < -0.3 is 20.1 Å². The highest BCUT2D eigenvalue weighted by atomic mass is 35.5. The zero-order valence-corrected chi connectivity index (χ0v) is 15.0. The summed E-state index contributed by atoms with van der Waals surface area (Å²) >= 11 is 12.3. The Labute approximate surface area is 149 Å². The molecule has 1 atom stereocenters. The van der Waals surface area contributed by atoms with Gasteiger partial charge in [0, 0.05) is 18.0 Å². The van der Waals surface area contributed by atoms with Crippen LogP contribution in [-0.4, -0.2) is 33.8 Å². The highest BCUT2D eigenvalue weighted by molar-refractivity contribution is 6.40. The summed E-state index contributed by atoms with van der Waals surface area (Å²) in [5, 5.41) is 13.3. The quantitative estimate of drug-likeness (QED) is 0.756. The topological polar surface area (TPSA) is 91.4 Å². The lowest BCUT2D eigenvalue weighted by molar-refractivity contribution is -0.139. The van der Waals surface area contributed by atoms with Gasteiger partial charge in [0.25, 0.3) is 0 Å². The fourth-order valence-electron chi connectivity index (χ4n) is 2.27. The van der Waals surface area contributed by atoms with E-state index in [1.54, 1.807) is 39.1 Å². The third kappa shape index (κ3) is 4.33. The number of hydrogen-bond donors (Lipinski definition) is 3. The van der Waals surface area contributed by atoms with E-state index < -0.39 is 23.7 Å². The maximum Gasteiger partial charge on any atom is 0.408 e. The molecule has 24 heavy (non-hydrogen) atoms. The highest BCUT2D eigenvalue weighted by Crippen LogP contribution is 2.32. The number of aliphatic carboxylic acids is 1. The van der Waals surface area contributed by atoms with E-state index >= 15 is 0 Å². The van der Waals surface area contributed by atoms with Gasteiger partial charge in [-0.2, -0.15) is 0 Å². The molecule has 0 radical (unpaired) electrons. The lowest BCUT2D eigenvalue weighted by Crippen LogP contribution is -2.44. The number of carboxylic acid groups (broad SMARTS) is 1. The van der Waals surface area contributed by atoms with Gasteiger partial charge in [0.15, 0.2) is 0 Å². The zero-order valence-electron chi connectivity index (χ0n) is 13.4. The molecular weight excluding hydrogens is 355 g/mol. The van der Waals surface area contributed by atoms with Crippen LogP contribution in [0.2, 0.25) is 10.0 Å². The van der Waals surface area contributed by atoms with Gasteiger partial charge in [-0.1, -0.05) is 23.2 Å².